The van der Waals surface area contributed by atoms with Gasteiger partial charge in [0.15, 0.2) is 5.96 Å². The molecule has 2 aromatic carbocycles. The molecule has 0 radical (unpaired) electrons. The van der Waals surface area contributed by atoms with Crippen LogP contribution >= 0.6 is 24.0 Å². The molecular weight excluding hydrogens is 479 g/mol. The second-order valence-corrected chi connectivity index (χ2v) is 6.47. The number of carbonyl (C=O) groups is 1. The van der Waals surface area contributed by atoms with Crippen molar-refractivity contribution in [3.8, 4) is 5.75 Å². The van der Waals surface area contributed by atoms with Gasteiger partial charge in [0.1, 0.15) is 5.75 Å². The average molecular weight is 510 g/mol. The molecule has 2 rings (SSSR count). The van der Waals surface area contributed by atoms with Crippen molar-refractivity contribution >= 4 is 35.8 Å². The Bertz CT molecular complexity index is 782. The van der Waals surface area contributed by atoms with Gasteiger partial charge in [0.2, 0.25) is 0 Å². The van der Waals surface area contributed by atoms with Gasteiger partial charge in [-0.2, -0.15) is 0 Å². The molecule has 0 bridgehead atoms. The first-order chi connectivity index (χ1) is 13.6. The molecule has 0 atom stereocenters. The van der Waals surface area contributed by atoms with E-state index < -0.39 is 0 Å². The van der Waals surface area contributed by atoms with Gasteiger partial charge in [-0.1, -0.05) is 35.9 Å². The van der Waals surface area contributed by atoms with E-state index in [4.69, 9.17) is 4.74 Å². The van der Waals surface area contributed by atoms with E-state index in [0.29, 0.717) is 12.1 Å². The molecule has 0 aliphatic rings. The van der Waals surface area contributed by atoms with Crippen LogP contribution in [-0.4, -0.2) is 45.7 Å². The molecule has 0 aromatic heterocycles. The number of hydrogen-bond donors (Lipinski definition) is 3. The highest BCUT2D eigenvalue weighted by Gasteiger charge is 2.05. The third-order valence-electron chi connectivity index (χ3n) is 4.31. The lowest BCUT2D eigenvalue weighted by atomic mass is 10.1. The average Bonchev–Trinajstić information content (AvgIpc) is 2.72. The van der Waals surface area contributed by atoms with Crippen molar-refractivity contribution in [2.75, 3.05) is 33.8 Å². The predicted octanol–water partition coefficient (Wildman–Crippen LogP) is 3.15. The molecule has 2 aromatic rings. The topological polar surface area (TPSA) is 74.8 Å². The third-order valence-corrected chi connectivity index (χ3v) is 4.31. The number of benzene rings is 2. The van der Waals surface area contributed by atoms with Crippen molar-refractivity contribution in [2.45, 2.75) is 19.8 Å². The summed E-state index contributed by atoms with van der Waals surface area (Å²) in [6, 6.07) is 15.4. The molecule has 1 amide bonds. The Hall–Kier alpha value is -2.29. The zero-order valence-electron chi connectivity index (χ0n) is 17.3. The minimum atomic E-state index is -0.0461. The van der Waals surface area contributed by atoms with Crippen molar-refractivity contribution in [3.05, 3.63) is 65.2 Å². The van der Waals surface area contributed by atoms with Gasteiger partial charge in [0, 0.05) is 32.2 Å². The predicted molar refractivity (Wildman–Crippen MR) is 130 cm³/mol. The minimum absolute atomic E-state index is 0. The van der Waals surface area contributed by atoms with Crippen molar-refractivity contribution in [1.82, 2.24) is 16.0 Å². The van der Waals surface area contributed by atoms with Gasteiger partial charge < -0.3 is 20.7 Å². The van der Waals surface area contributed by atoms with Crippen LogP contribution in [0.1, 0.15) is 27.9 Å². The van der Waals surface area contributed by atoms with E-state index >= 15 is 0 Å². The molecule has 0 aliphatic carbocycles. The van der Waals surface area contributed by atoms with E-state index in [2.05, 4.69) is 33.9 Å². The van der Waals surface area contributed by atoms with Crippen molar-refractivity contribution in [2.24, 2.45) is 4.99 Å². The number of aliphatic imine (C=N–C) groups is 1. The van der Waals surface area contributed by atoms with E-state index in [1.165, 1.54) is 11.1 Å². The van der Waals surface area contributed by atoms with Crippen LogP contribution in [0.25, 0.3) is 0 Å². The first kappa shape index (κ1) is 24.7. The van der Waals surface area contributed by atoms with Crippen molar-refractivity contribution in [1.29, 1.82) is 0 Å². The van der Waals surface area contributed by atoms with Crippen LogP contribution in [0.15, 0.2) is 53.5 Å². The number of ether oxygens (including phenoxy) is 1. The van der Waals surface area contributed by atoms with E-state index in [1.807, 2.05) is 42.5 Å². The number of methoxy groups -OCH3 is 1. The van der Waals surface area contributed by atoms with Crippen LogP contribution in [0, 0.1) is 6.92 Å². The zero-order chi connectivity index (χ0) is 20.2. The molecule has 158 valence electrons. The molecule has 29 heavy (non-hydrogen) atoms. The fourth-order valence-electron chi connectivity index (χ4n) is 2.83. The normalized spacial score (nSPS) is 10.7. The van der Waals surface area contributed by atoms with E-state index in [-0.39, 0.29) is 29.9 Å². The molecule has 0 heterocycles. The van der Waals surface area contributed by atoms with E-state index in [1.54, 1.807) is 14.2 Å². The maximum absolute atomic E-state index is 12.0. The molecule has 0 saturated heterocycles. The summed E-state index contributed by atoms with van der Waals surface area (Å²) in [5, 5.41) is 9.50. The number of guanidine groups is 1. The first-order valence-electron chi connectivity index (χ1n) is 9.55. The molecule has 0 unspecified atom stereocenters. The summed E-state index contributed by atoms with van der Waals surface area (Å²) in [6.07, 6.45) is 1.66. The Morgan fingerprint density at radius 1 is 1.00 bits per heavy atom. The van der Waals surface area contributed by atoms with Gasteiger partial charge in [-0.25, -0.2) is 0 Å². The lowest BCUT2D eigenvalue weighted by molar-refractivity contribution is 0.0953. The summed E-state index contributed by atoms with van der Waals surface area (Å²) in [7, 11) is 3.44. The van der Waals surface area contributed by atoms with Gasteiger partial charge in [-0.05, 0) is 43.5 Å². The molecule has 0 saturated carbocycles. The largest absolute Gasteiger partial charge is 0.496 e. The maximum Gasteiger partial charge on any atom is 0.251 e. The number of aryl methyl sites for hydroxylation is 1. The summed E-state index contributed by atoms with van der Waals surface area (Å²) >= 11 is 0. The number of amides is 1. The monoisotopic (exact) mass is 510 g/mol. The van der Waals surface area contributed by atoms with Crippen LogP contribution in [0.5, 0.6) is 5.75 Å². The van der Waals surface area contributed by atoms with Crippen molar-refractivity contribution < 1.29 is 9.53 Å². The van der Waals surface area contributed by atoms with Crippen LogP contribution in [-0.2, 0) is 6.42 Å². The van der Waals surface area contributed by atoms with Gasteiger partial charge in [0.05, 0.1) is 7.11 Å². The number of carbonyl (C=O) groups excluding carboxylic acids is 1. The van der Waals surface area contributed by atoms with Crippen LogP contribution in [0.2, 0.25) is 0 Å². The number of nitrogens with zero attached hydrogens (tertiary/aromatic N) is 1. The minimum Gasteiger partial charge on any atom is -0.496 e. The summed E-state index contributed by atoms with van der Waals surface area (Å²) in [6.45, 7) is 4.17. The maximum atomic E-state index is 12.0. The molecule has 7 heteroatoms. The molecule has 0 aliphatic heterocycles. The van der Waals surface area contributed by atoms with Crippen LogP contribution in [0.3, 0.4) is 0 Å². The van der Waals surface area contributed by atoms with Gasteiger partial charge >= 0.3 is 0 Å². The quantitative estimate of drug-likeness (QED) is 0.210. The van der Waals surface area contributed by atoms with Crippen LogP contribution < -0.4 is 20.7 Å². The number of hydrogen-bond acceptors (Lipinski definition) is 3. The fraction of sp³-hybridized carbons (Fsp3) is 0.364. The third kappa shape index (κ3) is 8.72. The number of rotatable bonds is 9. The summed E-state index contributed by atoms with van der Waals surface area (Å²) in [5.41, 5.74) is 3.07. The van der Waals surface area contributed by atoms with Gasteiger partial charge in [-0.15, -0.1) is 24.0 Å². The van der Waals surface area contributed by atoms with Crippen LogP contribution in [0.4, 0.5) is 0 Å². The highest BCUT2D eigenvalue weighted by Crippen LogP contribution is 2.19. The van der Waals surface area contributed by atoms with Gasteiger partial charge in [0.25, 0.3) is 5.91 Å². The fourth-order valence-corrected chi connectivity index (χ4v) is 2.83. The Balaban J connectivity index is 0.00000420. The molecule has 0 fully saturated rings. The standard InChI is InChI=1S/C22H30N4O2.HI/c1-17-10-11-20(28-3)19(16-17)12-15-26-22(23-2)25-14-7-13-24-21(27)18-8-5-4-6-9-18;/h4-6,8-11,16H,7,12-15H2,1-3H3,(H,24,27)(H2,23,25,26);1H. The highest BCUT2D eigenvalue weighted by atomic mass is 127. The van der Waals surface area contributed by atoms with Crippen molar-refractivity contribution in [3.63, 3.8) is 0 Å². The summed E-state index contributed by atoms with van der Waals surface area (Å²) in [5.74, 6) is 1.61. The first-order valence-corrected chi connectivity index (χ1v) is 9.55. The van der Waals surface area contributed by atoms with E-state index in [9.17, 15) is 4.79 Å². The SMILES string of the molecule is CN=C(NCCCNC(=O)c1ccccc1)NCCc1cc(C)ccc1OC.I. The molecule has 3 N–H and O–H groups in total. The lowest BCUT2D eigenvalue weighted by Gasteiger charge is -2.13. The van der Waals surface area contributed by atoms with Gasteiger partial charge in [-0.3, -0.25) is 9.79 Å². The Morgan fingerprint density at radius 2 is 1.69 bits per heavy atom. The summed E-state index contributed by atoms with van der Waals surface area (Å²) < 4.78 is 5.42. The molecule has 0 spiro atoms. The smallest absolute Gasteiger partial charge is 0.251 e. The Kier molecular flexibility index (Phi) is 11.8. The Morgan fingerprint density at radius 3 is 2.38 bits per heavy atom. The number of halogens is 1. The highest BCUT2D eigenvalue weighted by molar-refractivity contribution is 14.0. The Labute approximate surface area is 190 Å². The summed E-state index contributed by atoms with van der Waals surface area (Å²) in [4.78, 5) is 16.2. The van der Waals surface area contributed by atoms with E-state index in [0.717, 1.165) is 37.6 Å². The second kappa shape index (κ2) is 13.8. The molecule has 6 nitrogen and oxygen atoms in total. The second-order valence-electron chi connectivity index (χ2n) is 6.47. The number of nitrogens with one attached hydrogen (secondary N) is 3. The zero-order valence-corrected chi connectivity index (χ0v) is 19.7. The molecular formula is C22H31IN4O2. The lowest BCUT2D eigenvalue weighted by Crippen LogP contribution is -2.39.